The second kappa shape index (κ2) is 3.04. The summed E-state index contributed by atoms with van der Waals surface area (Å²) in [4.78, 5) is 3.98. The first-order valence-electron chi connectivity index (χ1n) is 2.78. The highest BCUT2D eigenvalue weighted by Gasteiger charge is 1.83. The second-order valence-electron chi connectivity index (χ2n) is 1.60. The third-order valence-corrected chi connectivity index (χ3v) is 0.948. The van der Waals surface area contributed by atoms with Crippen molar-refractivity contribution in [2.75, 3.05) is 12.0 Å². The maximum atomic E-state index is 5.21. The first-order valence-corrected chi connectivity index (χ1v) is 2.78. The number of hydrogen-bond donors (Lipinski definition) is 2. The maximum absolute atomic E-state index is 5.21. The van der Waals surface area contributed by atoms with Gasteiger partial charge in [-0.2, -0.15) is 0 Å². The van der Waals surface area contributed by atoms with Crippen LogP contribution in [0.1, 0.15) is 0 Å². The van der Waals surface area contributed by atoms with Gasteiger partial charge in [-0.05, 0) is 12.1 Å². The summed E-state index contributed by atoms with van der Waals surface area (Å²) in [5, 5.41) is 2.87. The predicted molar refractivity (Wildman–Crippen MR) is 36.9 cm³/mol. The quantitative estimate of drug-likeness (QED) is 0.560. The first kappa shape index (κ1) is 6.04. The lowest BCUT2D eigenvalue weighted by Crippen LogP contribution is -2.11. The summed E-state index contributed by atoms with van der Waals surface area (Å²) >= 11 is 0. The highest BCUT2D eigenvalue weighted by molar-refractivity contribution is 5.32. The van der Waals surface area contributed by atoms with Gasteiger partial charge in [0.25, 0.3) is 0 Å². The molecular formula is C6H9N3. The number of nitrogens with zero attached hydrogens (tertiary/aromatic N) is 1. The molecule has 1 heterocycles. The summed E-state index contributed by atoms with van der Waals surface area (Å²) in [6, 6.07) is 5.64. The van der Waals surface area contributed by atoms with E-state index >= 15 is 0 Å². The molecule has 0 spiro atoms. The molecule has 0 amide bonds. The monoisotopic (exact) mass is 123 g/mol. The van der Waals surface area contributed by atoms with Gasteiger partial charge >= 0.3 is 0 Å². The third kappa shape index (κ3) is 1.70. The van der Waals surface area contributed by atoms with Crippen molar-refractivity contribution in [3.8, 4) is 0 Å². The molecule has 0 radical (unpaired) electrons. The van der Waals surface area contributed by atoms with Crippen LogP contribution in [0, 0.1) is 0 Å². The molecule has 3 nitrogen and oxygen atoms in total. The van der Waals surface area contributed by atoms with Crippen LogP contribution in [-0.4, -0.2) is 11.7 Å². The Balaban J connectivity index is 2.61. The molecule has 1 aromatic rings. The molecule has 9 heavy (non-hydrogen) atoms. The van der Waals surface area contributed by atoms with E-state index in [0.29, 0.717) is 6.67 Å². The molecule has 48 valence electrons. The van der Waals surface area contributed by atoms with Gasteiger partial charge in [-0.3, -0.25) is 0 Å². The van der Waals surface area contributed by atoms with Crippen molar-refractivity contribution in [2.24, 2.45) is 5.73 Å². The van der Waals surface area contributed by atoms with Crippen LogP contribution in [0.5, 0.6) is 0 Å². The fraction of sp³-hybridized carbons (Fsp3) is 0.167. The van der Waals surface area contributed by atoms with Crippen LogP contribution in [0.15, 0.2) is 24.4 Å². The number of rotatable bonds is 2. The Morgan fingerprint density at radius 3 is 3.00 bits per heavy atom. The van der Waals surface area contributed by atoms with Gasteiger partial charge in [0.05, 0.1) is 6.67 Å². The molecule has 0 aliphatic rings. The molecule has 0 atom stereocenters. The zero-order chi connectivity index (χ0) is 6.53. The minimum Gasteiger partial charge on any atom is -0.358 e. The molecule has 0 fully saturated rings. The van der Waals surface area contributed by atoms with E-state index in [1.54, 1.807) is 6.20 Å². The molecular weight excluding hydrogens is 114 g/mol. The van der Waals surface area contributed by atoms with Gasteiger partial charge in [-0.1, -0.05) is 6.07 Å². The number of nitrogens with one attached hydrogen (secondary N) is 1. The Bertz CT molecular complexity index is 161. The smallest absolute Gasteiger partial charge is 0.126 e. The van der Waals surface area contributed by atoms with E-state index in [4.69, 9.17) is 5.73 Å². The molecule has 0 aliphatic carbocycles. The van der Waals surface area contributed by atoms with E-state index in [0.717, 1.165) is 5.82 Å². The molecule has 0 unspecified atom stereocenters. The van der Waals surface area contributed by atoms with Gasteiger partial charge in [0.15, 0.2) is 0 Å². The zero-order valence-electron chi connectivity index (χ0n) is 5.04. The van der Waals surface area contributed by atoms with Gasteiger partial charge in [-0.25, -0.2) is 4.98 Å². The zero-order valence-corrected chi connectivity index (χ0v) is 5.04. The summed E-state index contributed by atoms with van der Waals surface area (Å²) in [6.45, 7) is 0.428. The Hall–Kier alpha value is -1.09. The normalized spacial score (nSPS) is 9.00. The van der Waals surface area contributed by atoms with Crippen molar-refractivity contribution in [2.45, 2.75) is 0 Å². The average molecular weight is 123 g/mol. The van der Waals surface area contributed by atoms with Gasteiger partial charge in [0.1, 0.15) is 5.82 Å². The van der Waals surface area contributed by atoms with E-state index in [9.17, 15) is 0 Å². The molecule has 1 rings (SSSR count). The molecule has 0 bridgehead atoms. The maximum Gasteiger partial charge on any atom is 0.126 e. The van der Waals surface area contributed by atoms with Crippen LogP contribution in [0.2, 0.25) is 0 Å². The summed E-state index contributed by atoms with van der Waals surface area (Å²) in [5.74, 6) is 0.819. The van der Waals surface area contributed by atoms with Gasteiger partial charge < -0.3 is 11.1 Å². The Labute approximate surface area is 53.9 Å². The van der Waals surface area contributed by atoms with Crippen LogP contribution >= 0.6 is 0 Å². The number of aromatic nitrogens is 1. The van der Waals surface area contributed by atoms with Gasteiger partial charge in [-0.15, -0.1) is 0 Å². The Morgan fingerprint density at radius 2 is 2.44 bits per heavy atom. The lowest BCUT2D eigenvalue weighted by Gasteiger charge is -1.97. The first-order chi connectivity index (χ1) is 4.43. The van der Waals surface area contributed by atoms with E-state index in [2.05, 4.69) is 10.3 Å². The second-order valence-corrected chi connectivity index (χ2v) is 1.60. The fourth-order valence-corrected chi connectivity index (χ4v) is 0.572. The van der Waals surface area contributed by atoms with Crippen molar-refractivity contribution in [1.29, 1.82) is 0 Å². The predicted octanol–water partition coefficient (Wildman–Crippen LogP) is 0.410. The van der Waals surface area contributed by atoms with E-state index in [1.165, 1.54) is 0 Å². The van der Waals surface area contributed by atoms with E-state index in [1.807, 2.05) is 18.2 Å². The number of pyridine rings is 1. The highest BCUT2D eigenvalue weighted by atomic mass is 15.0. The van der Waals surface area contributed by atoms with Gasteiger partial charge in [0, 0.05) is 6.20 Å². The lowest BCUT2D eigenvalue weighted by molar-refractivity contribution is 1.11. The molecule has 1 aromatic heterocycles. The van der Waals surface area contributed by atoms with Crippen molar-refractivity contribution in [1.82, 2.24) is 4.98 Å². The summed E-state index contributed by atoms with van der Waals surface area (Å²) in [5.41, 5.74) is 5.21. The van der Waals surface area contributed by atoms with Crippen LogP contribution in [0.4, 0.5) is 5.82 Å². The Kier molecular flexibility index (Phi) is 2.04. The minimum atomic E-state index is 0.428. The van der Waals surface area contributed by atoms with E-state index in [-0.39, 0.29) is 0 Å². The fourth-order valence-electron chi connectivity index (χ4n) is 0.572. The highest BCUT2D eigenvalue weighted by Crippen LogP contribution is 1.96. The standard InChI is InChI=1S/C6H9N3/c7-5-9-6-3-1-2-4-8-6/h1-4H,5,7H2,(H,8,9). The van der Waals surface area contributed by atoms with Crippen molar-refractivity contribution in [3.05, 3.63) is 24.4 Å². The molecule has 0 aliphatic heterocycles. The molecule has 3 N–H and O–H groups in total. The lowest BCUT2D eigenvalue weighted by atomic mass is 10.5. The van der Waals surface area contributed by atoms with Crippen LogP contribution in [0.3, 0.4) is 0 Å². The molecule has 0 aromatic carbocycles. The largest absolute Gasteiger partial charge is 0.358 e. The van der Waals surface area contributed by atoms with Crippen molar-refractivity contribution in [3.63, 3.8) is 0 Å². The van der Waals surface area contributed by atoms with Gasteiger partial charge in [0.2, 0.25) is 0 Å². The summed E-state index contributed by atoms with van der Waals surface area (Å²) in [7, 11) is 0. The van der Waals surface area contributed by atoms with Crippen molar-refractivity contribution >= 4 is 5.82 Å². The summed E-state index contributed by atoms with van der Waals surface area (Å²) in [6.07, 6.45) is 1.72. The molecule has 3 heteroatoms. The van der Waals surface area contributed by atoms with E-state index < -0.39 is 0 Å². The molecule has 0 saturated heterocycles. The minimum absolute atomic E-state index is 0.428. The van der Waals surface area contributed by atoms with Crippen LogP contribution in [0.25, 0.3) is 0 Å². The SMILES string of the molecule is NCNc1ccccn1. The van der Waals surface area contributed by atoms with Crippen molar-refractivity contribution < 1.29 is 0 Å². The molecule has 0 saturated carbocycles. The third-order valence-electron chi connectivity index (χ3n) is 0.948. The number of hydrogen-bond acceptors (Lipinski definition) is 3. The number of nitrogens with two attached hydrogens (primary N) is 1. The Morgan fingerprint density at radius 1 is 1.56 bits per heavy atom. The summed E-state index contributed by atoms with van der Waals surface area (Å²) < 4.78 is 0. The average Bonchev–Trinajstić information content (AvgIpc) is 1.91. The number of anilines is 1. The van der Waals surface area contributed by atoms with Crippen LogP contribution < -0.4 is 11.1 Å². The van der Waals surface area contributed by atoms with Crippen LogP contribution in [-0.2, 0) is 0 Å². The topological polar surface area (TPSA) is 50.9 Å².